The number of esters is 2. The van der Waals surface area contributed by atoms with E-state index in [1.165, 1.54) is 44.8 Å². The van der Waals surface area contributed by atoms with Gasteiger partial charge in [0.05, 0.1) is 24.7 Å². The lowest BCUT2D eigenvalue weighted by Gasteiger charge is -2.25. The van der Waals surface area contributed by atoms with Crippen molar-refractivity contribution in [1.29, 1.82) is 0 Å². The fraction of sp³-hybridized carbons (Fsp3) is 0.267. The first-order valence-corrected chi connectivity index (χ1v) is 6.64. The number of carbonyl (C=O) groups excluding carboxylic acids is 2. The van der Waals surface area contributed by atoms with Crippen LogP contribution in [0.3, 0.4) is 0 Å². The van der Waals surface area contributed by atoms with E-state index < -0.39 is 28.7 Å². The second kappa shape index (κ2) is 6.82. The molecule has 8 nitrogen and oxygen atoms in total. The van der Waals surface area contributed by atoms with Gasteiger partial charge in [0.1, 0.15) is 5.92 Å². The standard InChI is InChI=1S/C15H14N2O6/c1-22-14(18)10-7-16-8-11(15(19)23-2)13(10)9-5-3-4-6-12(9)17(20)21/h3-8,10,13H,1-2H3. The summed E-state index contributed by atoms with van der Waals surface area (Å²) in [6, 6.07) is 5.91. The van der Waals surface area contributed by atoms with Crippen molar-refractivity contribution in [1.82, 2.24) is 0 Å². The zero-order chi connectivity index (χ0) is 17.0. The van der Waals surface area contributed by atoms with E-state index in [-0.39, 0.29) is 16.8 Å². The molecule has 0 radical (unpaired) electrons. The minimum Gasteiger partial charge on any atom is -0.468 e. The number of methoxy groups -OCH3 is 2. The molecule has 2 unspecified atom stereocenters. The van der Waals surface area contributed by atoms with Crippen LogP contribution in [0.2, 0.25) is 0 Å². The Hall–Kier alpha value is -3.03. The van der Waals surface area contributed by atoms with Crippen molar-refractivity contribution in [2.45, 2.75) is 5.92 Å². The van der Waals surface area contributed by atoms with E-state index in [1.807, 2.05) is 0 Å². The number of ether oxygens (including phenoxy) is 2. The number of benzene rings is 1. The van der Waals surface area contributed by atoms with Crippen LogP contribution in [0.5, 0.6) is 0 Å². The smallest absolute Gasteiger partial charge is 0.335 e. The summed E-state index contributed by atoms with van der Waals surface area (Å²) in [6.07, 6.45) is 2.55. The molecule has 0 N–H and O–H groups in total. The summed E-state index contributed by atoms with van der Waals surface area (Å²) >= 11 is 0. The van der Waals surface area contributed by atoms with Gasteiger partial charge in [-0.25, -0.2) is 4.79 Å². The molecule has 0 saturated carbocycles. The molecule has 0 aliphatic carbocycles. The third kappa shape index (κ3) is 3.10. The Labute approximate surface area is 131 Å². The van der Waals surface area contributed by atoms with Crippen LogP contribution in [-0.2, 0) is 19.1 Å². The highest BCUT2D eigenvalue weighted by atomic mass is 16.6. The van der Waals surface area contributed by atoms with Crippen molar-refractivity contribution in [2.75, 3.05) is 14.2 Å². The van der Waals surface area contributed by atoms with Gasteiger partial charge in [0, 0.05) is 30.0 Å². The number of rotatable bonds is 4. The highest BCUT2D eigenvalue weighted by molar-refractivity contribution is 5.99. The summed E-state index contributed by atoms with van der Waals surface area (Å²) in [5, 5.41) is 11.3. The van der Waals surface area contributed by atoms with Crippen LogP contribution < -0.4 is 0 Å². The minimum absolute atomic E-state index is 0.0553. The maximum atomic E-state index is 12.0. The summed E-state index contributed by atoms with van der Waals surface area (Å²) in [6.45, 7) is 0. The summed E-state index contributed by atoms with van der Waals surface area (Å²) in [7, 11) is 2.38. The third-order valence-corrected chi connectivity index (χ3v) is 3.52. The van der Waals surface area contributed by atoms with Gasteiger partial charge in [-0.1, -0.05) is 18.2 Å². The largest absolute Gasteiger partial charge is 0.468 e. The molecule has 1 heterocycles. The van der Waals surface area contributed by atoms with Crippen molar-refractivity contribution in [3.8, 4) is 0 Å². The zero-order valence-electron chi connectivity index (χ0n) is 12.5. The molecule has 0 aromatic heterocycles. The topological polar surface area (TPSA) is 108 Å². The fourth-order valence-electron chi connectivity index (χ4n) is 2.48. The van der Waals surface area contributed by atoms with E-state index in [4.69, 9.17) is 9.47 Å². The Bertz CT molecular complexity index is 710. The second-order valence-electron chi connectivity index (χ2n) is 4.72. The first-order chi connectivity index (χ1) is 11.0. The molecule has 120 valence electrons. The SMILES string of the molecule is COC(=O)C1=CN=CC(C(=O)OC)C1c1ccccc1[N+](=O)[O-]. The van der Waals surface area contributed by atoms with Gasteiger partial charge < -0.3 is 9.47 Å². The maximum absolute atomic E-state index is 12.0. The Kier molecular flexibility index (Phi) is 4.85. The molecule has 0 saturated heterocycles. The van der Waals surface area contributed by atoms with Gasteiger partial charge >= 0.3 is 11.9 Å². The van der Waals surface area contributed by atoms with E-state index in [1.54, 1.807) is 6.07 Å². The zero-order valence-corrected chi connectivity index (χ0v) is 12.5. The van der Waals surface area contributed by atoms with E-state index >= 15 is 0 Å². The predicted molar refractivity (Wildman–Crippen MR) is 79.9 cm³/mol. The van der Waals surface area contributed by atoms with Gasteiger partial charge in [-0.3, -0.25) is 19.9 Å². The van der Waals surface area contributed by atoms with Gasteiger partial charge in [0.25, 0.3) is 5.69 Å². The Morgan fingerprint density at radius 3 is 2.52 bits per heavy atom. The van der Waals surface area contributed by atoms with Crippen molar-refractivity contribution in [2.24, 2.45) is 10.9 Å². The molecule has 2 atom stereocenters. The van der Waals surface area contributed by atoms with Crippen LogP contribution in [-0.4, -0.2) is 37.3 Å². The predicted octanol–water partition coefficient (Wildman–Crippen LogP) is 1.61. The first kappa shape index (κ1) is 16.3. The number of hydrogen-bond donors (Lipinski definition) is 0. The number of nitrogens with zero attached hydrogens (tertiary/aromatic N) is 2. The number of aliphatic imine (C=N–C) groups is 1. The number of para-hydroxylation sites is 1. The van der Waals surface area contributed by atoms with Crippen LogP contribution in [0.25, 0.3) is 0 Å². The second-order valence-corrected chi connectivity index (χ2v) is 4.72. The molecule has 0 spiro atoms. The molecule has 1 aliphatic heterocycles. The van der Waals surface area contributed by atoms with Crippen molar-refractivity contribution in [3.05, 3.63) is 51.7 Å². The minimum atomic E-state index is -0.958. The highest BCUT2D eigenvalue weighted by Gasteiger charge is 2.40. The molecular formula is C15H14N2O6. The molecule has 1 aromatic carbocycles. The van der Waals surface area contributed by atoms with Crippen LogP contribution in [0.1, 0.15) is 11.5 Å². The monoisotopic (exact) mass is 318 g/mol. The highest BCUT2D eigenvalue weighted by Crippen LogP contribution is 2.39. The Morgan fingerprint density at radius 1 is 1.22 bits per heavy atom. The quantitative estimate of drug-likeness (QED) is 0.474. The average molecular weight is 318 g/mol. The Morgan fingerprint density at radius 2 is 1.91 bits per heavy atom. The fourth-order valence-corrected chi connectivity index (χ4v) is 2.48. The molecule has 2 rings (SSSR count). The van der Waals surface area contributed by atoms with Gasteiger partial charge in [-0.2, -0.15) is 0 Å². The van der Waals surface area contributed by atoms with Crippen molar-refractivity contribution >= 4 is 23.8 Å². The number of nitro groups is 1. The third-order valence-electron chi connectivity index (χ3n) is 3.52. The van der Waals surface area contributed by atoms with Crippen molar-refractivity contribution in [3.63, 3.8) is 0 Å². The lowest BCUT2D eigenvalue weighted by atomic mass is 9.79. The molecule has 1 aromatic rings. The lowest BCUT2D eigenvalue weighted by Crippen LogP contribution is -2.31. The molecular weight excluding hydrogens is 304 g/mol. The van der Waals surface area contributed by atoms with Gasteiger partial charge in [-0.15, -0.1) is 0 Å². The molecule has 0 bridgehead atoms. The van der Waals surface area contributed by atoms with Crippen molar-refractivity contribution < 1.29 is 24.0 Å². The van der Waals surface area contributed by atoms with Crippen LogP contribution in [0.15, 0.2) is 41.0 Å². The van der Waals surface area contributed by atoms with Crippen LogP contribution in [0, 0.1) is 16.0 Å². The van der Waals surface area contributed by atoms with E-state index in [0.29, 0.717) is 0 Å². The van der Waals surface area contributed by atoms with Gasteiger partial charge in [-0.05, 0) is 0 Å². The van der Waals surface area contributed by atoms with Crippen LogP contribution >= 0.6 is 0 Å². The number of hydrogen-bond acceptors (Lipinski definition) is 7. The summed E-state index contributed by atoms with van der Waals surface area (Å²) < 4.78 is 9.42. The van der Waals surface area contributed by atoms with Crippen LogP contribution in [0.4, 0.5) is 5.69 Å². The molecule has 0 fully saturated rings. The van der Waals surface area contributed by atoms with E-state index in [0.717, 1.165) is 0 Å². The van der Waals surface area contributed by atoms with Gasteiger partial charge in [0.2, 0.25) is 0 Å². The molecule has 23 heavy (non-hydrogen) atoms. The molecule has 0 amide bonds. The molecule has 8 heteroatoms. The summed E-state index contributed by atoms with van der Waals surface area (Å²) in [4.78, 5) is 38.6. The first-order valence-electron chi connectivity index (χ1n) is 6.64. The van der Waals surface area contributed by atoms with E-state index in [9.17, 15) is 19.7 Å². The normalized spacial score (nSPS) is 19.7. The lowest BCUT2D eigenvalue weighted by molar-refractivity contribution is -0.385. The molecule has 1 aliphatic rings. The Balaban J connectivity index is 2.62. The summed E-state index contributed by atoms with van der Waals surface area (Å²) in [5.41, 5.74) is 0.0758. The number of carbonyl (C=O) groups is 2. The average Bonchev–Trinajstić information content (AvgIpc) is 2.59. The van der Waals surface area contributed by atoms with E-state index in [2.05, 4.69) is 4.99 Å². The maximum Gasteiger partial charge on any atom is 0.335 e. The number of nitro benzene ring substituents is 1. The van der Waals surface area contributed by atoms with Gasteiger partial charge in [0.15, 0.2) is 0 Å². The summed E-state index contributed by atoms with van der Waals surface area (Å²) in [5.74, 6) is -3.22.